The first kappa shape index (κ1) is 12.2. The van der Waals surface area contributed by atoms with Gasteiger partial charge in [-0.15, -0.1) is 0 Å². The average molecular weight is 260 g/mol. The fraction of sp³-hybridized carbons (Fsp3) is 0.400. The maximum atomic E-state index is 13.3. The molecule has 0 spiro atoms. The number of nitrogens with zero attached hydrogens (tertiary/aromatic N) is 1. The Balaban J connectivity index is 2.00. The lowest BCUT2D eigenvalue weighted by Crippen LogP contribution is -2.38. The molecule has 1 N–H and O–H groups in total. The molecule has 0 saturated heterocycles. The smallest absolute Gasteiger partial charge is 0.270 e. The third-order valence-electron chi connectivity index (χ3n) is 3.78. The zero-order valence-corrected chi connectivity index (χ0v) is 11.0. The number of aromatic amines is 1. The molecule has 1 aliphatic rings. The molecule has 0 aliphatic carbocycles. The molecule has 0 saturated carbocycles. The predicted molar refractivity (Wildman–Crippen MR) is 72.8 cm³/mol. The van der Waals surface area contributed by atoms with Crippen LogP contribution < -0.4 is 0 Å². The zero-order chi connectivity index (χ0) is 13.4. The van der Waals surface area contributed by atoms with E-state index in [2.05, 4.69) is 11.9 Å². The molecule has 0 fully saturated rings. The highest BCUT2D eigenvalue weighted by Gasteiger charge is 2.27. The first-order valence-electron chi connectivity index (χ1n) is 6.80. The average Bonchev–Trinajstić information content (AvgIpc) is 2.77. The molecule has 1 aromatic carbocycles. The van der Waals surface area contributed by atoms with Gasteiger partial charge in [0.25, 0.3) is 5.91 Å². The SMILES string of the molecule is CCCCN1CCc2c([nH]c3ccc(F)cc23)C1=O. The number of amides is 1. The minimum atomic E-state index is -0.254. The molecule has 3 rings (SSSR count). The van der Waals surface area contributed by atoms with Gasteiger partial charge in [-0.05, 0) is 36.6 Å². The quantitative estimate of drug-likeness (QED) is 0.904. The number of nitrogens with one attached hydrogen (secondary N) is 1. The van der Waals surface area contributed by atoms with Gasteiger partial charge in [0.15, 0.2) is 0 Å². The van der Waals surface area contributed by atoms with Crippen LogP contribution in [0.3, 0.4) is 0 Å². The van der Waals surface area contributed by atoms with Gasteiger partial charge in [-0.25, -0.2) is 4.39 Å². The van der Waals surface area contributed by atoms with Crippen molar-refractivity contribution in [2.75, 3.05) is 13.1 Å². The van der Waals surface area contributed by atoms with Crippen LogP contribution in [-0.4, -0.2) is 28.9 Å². The second-order valence-corrected chi connectivity index (χ2v) is 5.06. The van der Waals surface area contributed by atoms with E-state index in [4.69, 9.17) is 0 Å². The van der Waals surface area contributed by atoms with Crippen molar-refractivity contribution in [1.82, 2.24) is 9.88 Å². The summed E-state index contributed by atoms with van der Waals surface area (Å²) in [5.41, 5.74) is 2.45. The predicted octanol–water partition coefficient (Wildman–Crippen LogP) is 3.11. The number of halogens is 1. The number of rotatable bonds is 3. The highest BCUT2D eigenvalue weighted by Crippen LogP contribution is 2.28. The van der Waals surface area contributed by atoms with E-state index in [0.717, 1.165) is 48.8 Å². The Morgan fingerprint density at radius 1 is 1.42 bits per heavy atom. The van der Waals surface area contributed by atoms with Crippen LogP contribution >= 0.6 is 0 Å². The van der Waals surface area contributed by atoms with E-state index in [1.54, 1.807) is 6.07 Å². The molecule has 1 amide bonds. The van der Waals surface area contributed by atoms with Crippen LogP contribution in [0.25, 0.3) is 10.9 Å². The van der Waals surface area contributed by atoms with Gasteiger partial charge in [0.2, 0.25) is 0 Å². The van der Waals surface area contributed by atoms with Crippen molar-refractivity contribution in [1.29, 1.82) is 0 Å². The fourth-order valence-electron chi connectivity index (χ4n) is 2.73. The lowest BCUT2D eigenvalue weighted by atomic mass is 10.0. The van der Waals surface area contributed by atoms with Crippen molar-refractivity contribution >= 4 is 16.8 Å². The molecule has 0 atom stereocenters. The maximum absolute atomic E-state index is 13.3. The third kappa shape index (κ3) is 2.01. The molecule has 2 heterocycles. The second-order valence-electron chi connectivity index (χ2n) is 5.06. The fourth-order valence-corrected chi connectivity index (χ4v) is 2.73. The Morgan fingerprint density at radius 2 is 2.26 bits per heavy atom. The summed E-state index contributed by atoms with van der Waals surface area (Å²) in [6.07, 6.45) is 2.90. The molecule has 3 nitrogen and oxygen atoms in total. The Bertz CT molecular complexity index is 632. The van der Waals surface area contributed by atoms with E-state index >= 15 is 0 Å². The van der Waals surface area contributed by atoms with Crippen molar-refractivity contribution in [3.63, 3.8) is 0 Å². The molecular weight excluding hydrogens is 243 g/mol. The summed E-state index contributed by atoms with van der Waals surface area (Å²) in [5.74, 6) is -0.207. The van der Waals surface area contributed by atoms with Gasteiger partial charge in [0.1, 0.15) is 11.5 Å². The number of unbranched alkanes of at least 4 members (excludes halogenated alkanes) is 1. The highest BCUT2D eigenvalue weighted by atomic mass is 19.1. The Morgan fingerprint density at radius 3 is 3.05 bits per heavy atom. The van der Waals surface area contributed by atoms with Crippen LogP contribution in [0.4, 0.5) is 4.39 Å². The van der Waals surface area contributed by atoms with Gasteiger partial charge in [0.05, 0.1) is 0 Å². The van der Waals surface area contributed by atoms with Crippen molar-refractivity contribution < 1.29 is 9.18 Å². The van der Waals surface area contributed by atoms with E-state index in [0.29, 0.717) is 5.69 Å². The summed E-state index contributed by atoms with van der Waals surface area (Å²) in [5, 5.41) is 0.846. The van der Waals surface area contributed by atoms with Crippen LogP contribution in [0.1, 0.15) is 35.8 Å². The first-order chi connectivity index (χ1) is 9.20. The molecular formula is C15H17FN2O. The molecule has 0 radical (unpaired) electrons. The molecule has 4 heteroatoms. The summed E-state index contributed by atoms with van der Waals surface area (Å²) < 4.78 is 13.3. The summed E-state index contributed by atoms with van der Waals surface area (Å²) in [6.45, 7) is 3.65. The Labute approximate surface area is 111 Å². The summed E-state index contributed by atoms with van der Waals surface area (Å²) in [7, 11) is 0. The number of hydrogen-bond donors (Lipinski definition) is 1. The number of aromatic nitrogens is 1. The van der Waals surface area contributed by atoms with Crippen LogP contribution in [0.5, 0.6) is 0 Å². The van der Waals surface area contributed by atoms with Crippen molar-refractivity contribution in [3.05, 3.63) is 35.3 Å². The van der Waals surface area contributed by atoms with Crippen molar-refractivity contribution in [2.24, 2.45) is 0 Å². The number of carbonyl (C=O) groups is 1. The molecule has 1 aliphatic heterocycles. The Hall–Kier alpha value is -1.84. The van der Waals surface area contributed by atoms with Crippen LogP contribution in [0, 0.1) is 5.82 Å². The standard InChI is InChI=1S/C15H17FN2O/c1-2-3-7-18-8-6-11-12-9-10(16)4-5-13(12)17-14(11)15(18)19/h4-5,9,17H,2-3,6-8H2,1H3. The molecule has 19 heavy (non-hydrogen) atoms. The summed E-state index contributed by atoms with van der Waals surface area (Å²) in [4.78, 5) is 17.4. The van der Waals surface area contributed by atoms with Crippen LogP contribution in [0.2, 0.25) is 0 Å². The van der Waals surface area contributed by atoms with Gasteiger partial charge in [-0.2, -0.15) is 0 Å². The van der Waals surface area contributed by atoms with Gasteiger partial charge in [-0.3, -0.25) is 4.79 Å². The number of benzene rings is 1. The van der Waals surface area contributed by atoms with Gasteiger partial charge in [-0.1, -0.05) is 13.3 Å². The third-order valence-corrected chi connectivity index (χ3v) is 3.78. The molecule has 2 aromatic rings. The molecule has 100 valence electrons. The van der Waals surface area contributed by atoms with E-state index in [1.165, 1.54) is 12.1 Å². The normalized spacial score (nSPS) is 15.1. The van der Waals surface area contributed by atoms with Gasteiger partial charge in [0, 0.05) is 24.0 Å². The maximum Gasteiger partial charge on any atom is 0.270 e. The summed E-state index contributed by atoms with van der Waals surface area (Å²) >= 11 is 0. The zero-order valence-electron chi connectivity index (χ0n) is 11.0. The monoisotopic (exact) mass is 260 g/mol. The van der Waals surface area contributed by atoms with Gasteiger partial charge < -0.3 is 9.88 Å². The van der Waals surface area contributed by atoms with Crippen LogP contribution in [-0.2, 0) is 6.42 Å². The molecule has 1 aromatic heterocycles. The van der Waals surface area contributed by atoms with Crippen LogP contribution in [0.15, 0.2) is 18.2 Å². The number of hydrogen-bond acceptors (Lipinski definition) is 1. The first-order valence-corrected chi connectivity index (χ1v) is 6.80. The Kier molecular flexibility index (Phi) is 3.01. The highest BCUT2D eigenvalue weighted by molar-refractivity contribution is 6.02. The van der Waals surface area contributed by atoms with Gasteiger partial charge >= 0.3 is 0 Å². The van der Waals surface area contributed by atoms with E-state index in [1.807, 2.05) is 4.90 Å². The van der Waals surface area contributed by atoms with Crippen molar-refractivity contribution in [3.8, 4) is 0 Å². The molecule has 0 unspecified atom stereocenters. The summed E-state index contributed by atoms with van der Waals surface area (Å²) in [6, 6.07) is 4.63. The number of fused-ring (bicyclic) bond motifs is 3. The minimum Gasteiger partial charge on any atom is -0.350 e. The number of carbonyl (C=O) groups excluding carboxylic acids is 1. The lowest BCUT2D eigenvalue weighted by molar-refractivity contribution is 0.0732. The second kappa shape index (κ2) is 4.68. The number of H-pyrrole nitrogens is 1. The van der Waals surface area contributed by atoms with E-state index < -0.39 is 0 Å². The minimum absolute atomic E-state index is 0.0475. The largest absolute Gasteiger partial charge is 0.350 e. The molecule has 0 bridgehead atoms. The topological polar surface area (TPSA) is 36.1 Å². The van der Waals surface area contributed by atoms with E-state index in [9.17, 15) is 9.18 Å². The van der Waals surface area contributed by atoms with E-state index in [-0.39, 0.29) is 11.7 Å². The lowest BCUT2D eigenvalue weighted by Gasteiger charge is -2.26. The van der Waals surface area contributed by atoms with Crippen molar-refractivity contribution in [2.45, 2.75) is 26.2 Å².